The van der Waals surface area contributed by atoms with Gasteiger partial charge in [0, 0.05) is 26.2 Å². The van der Waals surface area contributed by atoms with Crippen LogP contribution in [0.2, 0.25) is 0 Å². The number of rotatable bonds is 4. The van der Waals surface area contributed by atoms with Crippen molar-refractivity contribution in [1.82, 2.24) is 10.2 Å². The third-order valence-electron chi connectivity index (χ3n) is 2.84. The van der Waals surface area contributed by atoms with E-state index in [1.165, 1.54) is 45.6 Å². The van der Waals surface area contributed by atoms with Gasteiger partial charge in [0.25, 0.3) is 0 Å². The van der Waals surface area contributed by atoms with Crippen LogP contribution >= 0.6 is 0 Å². The molecule has 0 aromatic carbocycles. The lowest BCUT2D eigenvalue weighted by Crippen LogP contribution is -2.44. The van der Waals surface area contributed by atoms with Crippen molar-refractivity contribution in [3.05, 3.63) is 0 Å². The van der Waals surface area contributed by atoms with E-state index in [2.05, 4.69) is 24.1 Å². The highest BCUT2D eigenvalue weighted by Crippen LogP contribution is 2.07. The maximum Gasteiger partial charge on any atom is 0.0107 e. The Bertz CT molecular complexity index is 108. The van der Waals surface area contributed by atoms with Crippen LogP contribution in [0.15, 0.2) is 0 Å². The van der Waals surface area contributed by atoms with E-state index in [1.807, 2.05) is 0 Å². The lowest BCUT2D eigenvalue weighted by atomic mass is 10.1. The first kappa shape index (κ1) is 10.0. The Kier molecular flexibility index (Phi) is 4.62. The standard InChI is InChI=1S/C10H22N2/c1-3-10(2)4-7-12-8-5-11-6-9-12/h10-11H,3-9H2,1-2H3/t10-/m0/s1. The molecule has 1 fully saturated rings. The first-order valence-electron chi connectivity index (χ1n) is 5.26. The first-order valence-corrected chi connectivity index (χ1v) is 5.26. The van der Waals surface area contributed by atoms with Gasteiger partial charge >= 0.3 is 0 Å². The highest BCUT2D eigenvalue weighted by molar-refractivity contribution is 4.68. The van der Waals surface area contributed by atoms with Gasteiger partial charge < -0.3 is 10.2 Å². The molecule has 1 aliphatic heterocycles. The fourth-order valence-corrected chi connectivity index (χ4v) is 1.54. The number of nitrogens with one attached hydrogen (secondary N) is 1. The van der Waals surface area contributed by atoms with Gasteiger partial charge in [-0.2, -0.15) is 0 Å². The highest BCUT2D eigenvalue weighted by atomic mass is 15.2. The van der Waals surface area contributed by atoms with Crippen molar-refractivity contribution in [1.29, 1.82) is 0 Å². The Morgan fingerprint density at radius 2 is 2.00 bits per heavy atom. The first-order chi connectivity index (χ1) is 5.83. The Balaban J connectivity index is 2.05. The van der Waals surface area contributed by atoms with Gasteiger partial charge in [0.1, 0.15) is 0 Å². The molecule has 0 bridgehead atoms. The highest BCUT2D eigenvalue weighted by Gasteiger charge is 2.09. The molecule has 1 atom stereocenters. The minimum absolute atomic E-state index is 0.903. The Labute approximate surface area is 76.3 Å². The molecular weight excluding hydrogens is 148 g/mol. The van der Waals surface area contributed by atoms with E-state index in [0.717, 1.165) is 5.92 Å². The van der Waals surface area contributed by atoms with Gasteiger partial charge in [0.2, 0.25) is 0 Å². The van der Waals surface area contributed by atoms with Crippen LogP contribution < -0.4 is 5.32 Å². The van der Waals surface area contributed by atoms with Gasteiger partial charge in [-0.25, -0.2) is 0 Å². The van der Waals surface area contributed by atoms with Crippen molar-refractivity contribution in [2.45, 2.75) is 26.7 Å². The quantitative estimate of drug-likeness (QED) is 0.684. The molecule has 2 heteroatoms. The minimum atomic E-state index is 0.903. The van der Waals surface area contributed by atoms with Crippen LogP contribution in [-0.2, 0) is 0 Å². The molecular formula is C10H22N2. The summed E-state index contributed by atoms with van der Waals surface area (Å²) in [5, 5.41) is 3.37. The third-order valence-corrected chi connectivity index (χ3v) is 2.84. The van der Waals surface area contributed by atoms with E-state index < -0.39 is 0 Å². The Morgan fingerprint density at radius 1 is 1.33 bits per heavy atom. The predicted octanol–water partition coefficient (Wildman–Crippen LogP) is 1.33. The summed E-state index contributed by atoms with van der Waals surface area (Å²) in [5.41, 5.74) is 0. The molecule has 1 heterocycles. The van der Waals surface area contributed by atoms with Crippen LogP contribution in [0, 0.1) is 5.92 Å². The topological polar surface area (TPSA) is 15.3 Å². The second kappa shape index (κ2) is 5.55. The van der Waals surface area contributed by atoms with Crippen LogP contribution in [0.4, 0.5) is 0 Å². The van der Waals surface area contributed by atoms with E-state index in [4.69, 9.17) is 0 Å². The molecule has 0 amide bonds. The van der Waals surface area contributed by atoms with Gasteiger partial charge in [0.05, 0.1) is 0 Å². The maximum absolute atomic E-state index is 3.37. The predicted molar refractivity (Wildman–Crippen MR) is 53.4 cm³/mol. The second-order valence-electron chi connectivity index (χ2n) is 3.89. The molecule has 0 radical (unpaired) electrons. The van der Waals surface area contributed by atoms with Crippen molar-refractivity contribution in [3.63, 3.8) is 0 Å². The SMILES string of the molecule is CC[C@H](C)CCN1CCNCC1. The van der Waals surface area contributed by atoms with Crippen molar-refractivity contribution >= 4 is 0 Å². The fraction of sp³-hybridized carbons (Fsp3) is 1.00. The molecule has 12 heavy (non-hydrogen) atoms. The van der Waals surface area contributed by atoms with Gasteiger partial charge in [-0.1, -0.05) is 20.3 Å². The van der Waals surface area contributed by atoms with E-state index in [9.17, 15) is 0 Å². The van der Waals surface area contributed by atoms with Crippen molar-refractivity contribution < 1.29 is 0 Å². The number of nitrogens with zero attached hydrogens (tertiary/aromatic N) is 1. The van der Waals surface area contributed by atoms with E-state index in [1.54, 1.807) is 0 Å². The van der Waals surface area contributed by atoms with Gasteiger partial charge in [-0.15, -0.1) is 0 Å². The zero-order chi connectivity index (χ0) is 8.81. The van der Waals surface area contributed by atoms with Crippen LogP contribution in [-0.4, -0.2) is 37.6 Å². The molecule has 0 unspecified atom stereocenters. The second-order valence-corrected chi connectivity index (χ2v) is 3.89. The van der Waals surface area contributed by atoms with Crippen molar-refractivity contribution in [2.75, 3.05) is 32.7 Å². The van der Waals surface area contributed by atoms with Crippen LogP contribution in [0.1, 0.15) is 26.7 Å². The van der Waals surface area contributed by atoms with Crippen LogP contribution in [0.5, 0.6) is 0 Å². The van der Waals surface area contributed by atoms with E-state index in [-0.39, 0.29) is 0 Å². The van der Waals surface area contributed by atoms with Crippen LogP contribution in [0.25, 0.3) is 0 Å². The van der Waals surface area contributed by atoms with E-state index >= 15 is 0 Å². The summed E-state index contributed by atoms with van der Waals surface area (Å²) in [6.07, 6.45) is 2.70. The lowest BCUT2D eigenvalue weighted by Gasteiger charge is -2.27. The molecule has 72 valence electrons. The molecule has 1 saturated heterocycles. The zero-order valence-electron chi connectivity index (χ0n) is 8.47. The van der Waals surface area contributed by atoms with Crippen molar-refractivity contribution in [2.24, 2.45) is 5.92 Å². The summed E-state index contributed by atoms with van der Waals surface area (Å²) in [6, 6.07) is 0. The lowest BCUT2D eigenvalue weighted by molar-refractivity contribution is 0.225. The number of hydrogen-bond acceptors (Lipinski definition) is 2. The van der Waals surface area contributed by atoms with Crippen LogP contribution in [0.3, 0.4) is 0 Å². The molecule has 0 aromatic heterocycles. The summed E-state index contributed by atoms with van der Waals surface area (Å²) in [7, 11) is 0. The molecule has 0 aromatic rings. The molecule has 0 aliphatic carbocycles. The fourth-order valence-electron chi connectivity index (χ4n) is 1.54. The van der Waals surface area contributed by atoms with Crippen molar-refractivity contribution in [3.8, 4) is 0 Å². The average molecular weight is 170 g/mol. The molecule has 1 rings (SSSR count). The monoisotopic (exact) mass is 170 g/mol. The van der Waals surface area contributed by atoms with Gasteiger partial charge in [-0.05, 0) is 18.9 Å². The molecule has 1 aliphatic rings. The number of piperazine rings is 1. The minimum Gasteiger partial charge on any atom is -0.314 e. The largest absolute Gasteiger partial charge is 0.314 e. The molecule has 1 N–H and O–H groups in total. The smallest absolute Gasteiger partial charge is 0.0107 e. The maximum atomic E-state index is 3.37. The summed E-state index contributed by atoms with van der Waals surface area (Å²) in [5.74, 6) is 0.903. The summed E-state index contributed by atoms with van der Waals surface area (Å²) in [4.78, 5) is 2.57. The summed E-state index contributed by atoms with van der Waals surface area (Å²) >= 11 is 0. The summed E-state index contributed by atoms with van der Waals surface area (Å²) < 4.78 is 0. The zero-order valence-corrected chi connectivity index (χ0v) is 8.47. The number of hydrogen-bond donors (Lipinski definition) is 1. The normalized spacial score (nSPS) is 22.5. The third kappa shape index (κ3) is 3.55. The molecule has 0 saturated carbocycles. The Hall–Kier alpha value is -0.0800. The van der Waals surface area contributed by atoms with Gasteiger partial charge in [-0.3, -0.25) is 0 Å². The van der Waals surface area contributed by atoms with E-state index in [0.29, 0.717) is 0 Å². The molecule has 2 nitrogen and oxygen atoms in total. The summed E-state index contributed by atoms with van der Waals surface area (Å²) in [6.45, 7) is 10.8. The molecule has 0 spiro atoms. The van der Waals surface area contributed by atoms with Gasteiger partial charge in [0.15, 0.2) is 0 Å². The Morgan fingerprint density at radius 3 is 2.58 bits per heavy atom. The average Bonchev–Trinajstić information content (AvgIpc) is 2.16.